The van der Waals surface area contributed by atoms with Gasteiger partial charge in [-0.25, -0.2) is 4.39 Å². The predicted molar refractivity (Wildman–Crippen MR) is 77.7 cm³/mol. The molecule has 0 radical (unpaired) electrons. The molecule has 2 aliphatic rings. The van der Waals surface area contributed by atoms with Gasteiger partial charge in [-0.3, -0.25) is 19.6 Å². The van der Waals surface area contributed by atoms with Crippen LogP contribution in [0.4, 0.5) is 10.2 Å². The number of benzene rings is 1. The summed E-state index contributed by atoms with van der Waals surface area (Å²) in [5.41, 5.74) is 0.536. The maximum absolute atomic E-state index is 14.0. The summed E-state index contributed by atoms with van der Waals surface area (Å²) >= 11 is 0. The number of amides is 2. The number of hydrogen-bond acceptors (Lipinski definition) is 3. The van der Waals surface area contributed by atoms with Gasteiger partial charge in [-0.2, -0.15) is 5.10 Å². The zero-order valence-corrected chi connectivity index (χ0v) is 11.8. The molecule has 1 aliphatic heterocycles. The molecule has 0 spiro atoms. The minimum atomic E-state index is -0.431. The number of aromatic nitrogens is 2. The molecule has 1 aromatic heterocycles. The van der Waals surface area contributed by atoms with Crippen LogP contribution in [0.3, 0.4) is 0 Å². The number of hydrogen-bond donors (Lipinski definition) is 2. The van der Waals surface area contributed by atoms with Crippen molar-refractivity contribution in [1.29, 1.82) is 0 Å². The summed E-state index contributed by atoms with van der Waals surface area (Å²) in [6.07, 6.45) is 2.15. The Morgan fingerprint density at radius 1 is 1.41 bits per heavy atom. The summed E-state index contributed by atoms with van der Waals surface area (Å²) in [6, 6.07) is 4.88. The van der Waals surface area contributed by atoms with E-state index >= 15 is 0 Å². The van der Waals surface area contributed by atoms with Gasteiger partial charge in [0, 0.05) is 19.0 Å². The highest BCUT2D eigenvalue weighted by atomic mass is 19.1. The first-order valence-electron chi connectivity index (χ1n) is 7.37. The van der Waals surface area contributed by atoms with E-state index in [1.165, 1.54) is 11.0 Å². The highest BCUT2D eigenvalue weighted by molar-refractivity contribution is 6.05. The highest BCUT2D eigenvalue weighted by Gasteiger charge is 2.38. The molecule has 1 aliphatic carbocycles. The molecule has 22 heavy (non-hydrogen) atoms. The first-order chi connectivity index (χ1) is 10.6. The number of H-pyrrole nitrogens is 1. The van der Waals surface area contributed by atoms with Gasteiger partial charge in [0.2, 0.25) is 11.8 Å². The lowest BCUT2D eigenvalue weighted by atomic mass is 10.1. The van der Waals surface area contributed by atoms with Crippen molar-refractivity contribution in [2.24, 2.45) is 5.92 Å². The number of aromatic amines is 1. The molecule has 2 amide bonds. The van der Waals surface area contributed by atoms with Gasteiger partial charge in [0.1, 0.15) is 5.82 Å². The lowest BCUT2D eigenvalue weighted by molar-refractivity contribution is -0.126. The second-order valence-electron chi connectivity index (χ2n) is 5.90. The van der Waals surface area contributed by atoms with E-state index < -0.39 is 11.7 Å². The predicted octanol–water partition coefficient (Wildman–Crippen LogP) is 1.33. The summed E-state index contributed by atoms with van der Waals surface area (Å²) in [4.78, 5) is 25.7. The van der Waals surface area contributed by atoms with Crippen molar-refractivity contribution in [3.8, 4) is 0 Å². The van der Waals surface area contributed by atoms with Crippen molar-refractivity contribution in [3.05, 3.63) is 24.0 Å². The normalized spacial score (nSPS) is 21.6. The Labute approximate surface area is 125 Å². The van der Waals surface area contributed by atoms with Crippen molar-refractivity contribution >= 4 is 28.5 Å². The molecular weight excluding hydrogens is 287 g/mol. The van der Waals surface area contributed by atoms with Gasteiger partial charge >= 0.3 is 0 Å². The van der Waals surface area contributed by atoms with Crippen LogP contribution < -0.4 is 10.2 Å². The maximum atomic E-state index is 14.0. The Kier molecular flexibility index (Phi) is 2.88. The third-order valence-corrected chi connectivity index (χ3v) is 4.19. The van der Waals surface area contributed by atoms with Gasteiger partial charge in [0.05, 0.1) is 16.8 Å². The lowest BCUT2D eigenvalue weighted by Crippen LogP contribution is -2.34. The highest BCUT2D eigenvalue weighted by Crippen LogP contribution is 2.31. The standard InChI is InChI=1S/C15H15FN4O2/c16-10-2-1-3-11-13(10)14(19-18-11)20-7-8(6-12(20)21)15(22)17-9-4-5-9/h1-3,8-9H,4-7H2,(H,17,22)(H,18,19)/t8-/m0/s1. The topological polar surface area (TPSA) is 78.1 Å². The second-order valence-corrected chi connectivity index (χ2v) is 5.90. The number of nitrogens with zero attached hydrogens (tertiary/aromatic N) is 2. The van der Waals surface area contributed by atoms with Crippen molar-refractivity contribution < 1.29 is 14.0 Å². The summed E-state index contributed by atoms with van der Waals surface area (Å²) in [5.74, 6) is -0.863. The van der Waals surface area contributed by atoms with Gasteiger partial charge in [-0.05, 0) is 25.0 Å². The molecule has 4 rings (SSSR count). The van der Waals surface area contributed by atoms with Gasteiger partial charge in [-0.1, -0.05) is 6.07 Å². The summed E-state index contributed by atoms with van der Waals surface area (Å²) in [5, 5.41) is 9.99. The van der Waals surface area contributed by atoms with Crippen LogP contribution in [0.1, 0.15) is 19.3 Å². The van der Waals surface area contributed by atoms with Crippen molar-refractivity contribution in [3.63, 3.8) is 0 Å². The number of carbonyl (C=O) groups is 2. The molecule has 6 nitrogen and oxygen atoms in total. The summed E-state index contributed by atoms with van der Waals surface area (Å²) in [6.45, 7) is 0.242. The van der Waals surface area contributed by atoms with E-state index in [0.717, 1.165) is 12.8 Å². The summed E-state index contributed by atoms with van der Waals surface area (Å²) in [7, 11) is 0. The smallest absolute Gasteiger partial charge is 0.229 e. The molecule has 0 unspecified atom stereocenters. The Morgan fingerprint density at radius 3 is 3.00 bits per heavy atom. The quantitative estimate of drug-likeness (QED) is 0.898. The molecule has 1 aromatic carbocycles. The minimum Gasteiger partial charge on any atom is -0.353 e. The lowest BCUT2D eigenvalue weighted by Gasteiger charge is -2.14. The Bertz CT molecular complexity index is 768. The fourth-order valence-corrected chi connectivity index (χ4v) is 2.84. The van der Waals surface area contributed by atoms with Crippen LogP contribution in [0.2, 0.25) is 0 Å². The van der Waals surface area contributed by atoms with Crippen LogP contribution >= 0.6 is 0 Å². The van der Waals surface area contributed by atoms with Crippen LogP contribution in [-0.4, -0.2) is 34.6 Å². The fourth-order valence-electron chi connectivity index (χ4n) is 2.84. The van der Waals surface area contributed by atoms with Gasteiger partial charge in [0.15, 0.2) is 5.82 Å². The van der Waals surface area contributed by atoms with Gasteiger partial charge in [0.25, 0.3) is 0 Å². The minimum absolute atomic E-state index is 0.0985. The van der Waals surface area contributed by atoms with Crippen molar-refractivity contribution in [2.75, 3.05) is 11.4 Å². The molecule has 7 heteroatoms. The maximum Gasteiger partial charge on any atom is 0.229 e. The van der Waals surface area contributed by atoms with Crippen LogP contribution in [0.5, 0.6) is 0 Å². The van der Waals surface area contributed by atoms with E-state index in [1.807, 2.05) is 0 Å². The van der Waals surface area contributed by atoms with Gasteiger partial charge in [-0.15, -0.1) is 0 Å². The number of carbonyl (C=O) groups excluding carboxylic acids is 2. The Balaban J connectivity index is 1.61. The molecule has 0 bridgehead atoms. The van der Waals surface area contributed by atoms with E-state index in [4.69, 9.17) is 0 Å². The van der Waals surface area contributed by atoms with Crippen molar-refractivity contribution in [2.45, 2.75) is 25.3 Å². The van der Waals surface area contributed by atoms with E-state index in [1.54, 1.807) is 12.1 Å². The zero-order valence-electron chi connectivity index (χ0n) is 11.8. The van der Waals surface area contributed by atoms with Crippen LogP contribution in [0.15, 0.2) is 18.2 Å². The Hall–Kier alpha value is -2.44. The molecule has 1 atom stereocenters. The van der Waals surface area contributed by atoms with Crippen molar-refractivity contribution in [1.82, 2.24) is 15.5 Å². The van der Waals surface area contributed by atoms with Gasteiger partial charge < -0.3 is 5.32 Å². The SMILES string of the molecule is O=C(NC1CC1)[C@H]1CC(=O)N(c2n[nH]c3cccc(F)c23)C1. The summed E-state index contributed by atoms with van der Waals surface area (Å²) < 4.78 is 14.0. The average molecular weight is 302 g/mol. The van der Waals surface area contributed by atoms with E-state index in [2.05, 4.69) is 15.5 Å². The molecule has 2 heterocycles. The first kappa shape index (κ1) is 13.2. The molecule has 2 N–H and O–H groups in total. The number of anilines is 1. The second kappa shape index (κ2) is 4.79. The number of rotatable bonds is 3. The average Bonchev–Trinajstić information content (AvgIpc) is 3.06. The molecule has 114 valence electrons. The number of nitrogens with one attached hydrogen (secondary N) is 2. The third kappa shape index (κ3) is 2.13. The van der Waals surface area contributed by atoms with E-state index in [0.29, 0.717) is 10.9 Å². The molecule has 1 saturated heterocycles. The molecule has 1 saturated carbocycles. The monoisotopic (exact) mass is 302 g/mol. The van der Waals surface area contributed by atoms with E-state index in [-0.39, 0.29) is 36.6 Å². The number of fused-ring (bicyclic) bond motifs is 1. The molecule has 2 aromatic rings. The zero-order chi connectivity index (χ0) is 15.3. The largest absolute Gasteiger partial charge is 0.353 e. The van der Waals surface area contributed by atoms with Crippen LogP contribution in [0, 0.1) is 11.7 Å². The number of halogens is 1. The van der Waals surface area contributed by atoms with Crippen LogP contribution in [-0.2, 0) is 9.59 Å². The molecular formula is C15H15FN4O2. The van der Waals surface area contributed by atoms with Crippen LogP contribution in [0.25, 0.3) is 10.9 Å². The fraction of sp³-hybridized carbons (Fsp3) is 0.400. The molecule has 2 fully saturated rings. The third-order valence-electron chi connectivity index (χ3n) is 4.19. The first-order valence-corrected chi connectivity index (χ1v) is 7.37. The Morgan fingerprint density at radius 2 is 2.23 bits per heavy atom. The van der Waals surface area contributed by atoms with E-state index in [9.17, 15) is 14.0 Å².